The molecule has 5 nitrogen and oxygen atoms in total. The molecule has 3 unspecified atom stereocenters. The van der Waals surface area contributed by atoms with Gasteiger partial charge in [0.2, 0.25) is 0 Å². The molecule has 0 aromatic carbocycles. The maximum absolute atomic E-state index is 11.9. The van der Waals surface area contributed by atoms with Crippen LogP contribution in [0, 0.1) is 17.8 Å². The molecule has 5 heteroatoms. The summed E-state index contributed by atoms with van der Waals surface area (Å²) in [5.74, 6) is 0.712. The minimum Gasteiger partial charge on any atom is -0.481 e. The molecule has 0 radical (unpaired) electrons. The summed E-state index contributed by atoms with van der Waals surface area (Å²) in [7, 11) is 0. The first-order chi connectivity index (χ1) is 8.90. The standard InChI is InChI=1S/C14H26N2O3/c1-10(4-5-13(17)18)6-7-15-14(19)16-8-11(2)12(3)9-16/h10-12H,4-9H2,1-3H3,(H,15,19)(H,17,18). The monoisotopic (exact) mass is 270 g/mol. The number of hydrogen-bond acceptors (Lipinski definition) is 2. The van der Waals surface area contributed by atoms with Gasteiger partial charge in [-0.1, -0.05) is 20.8 Å². The molecule has 0 saturated carbocycles. The number of amides is 2. The third-order valence-electron chi connectivity index (χ3n) is 4.04. The predicted molar refractivity (Wildman–Crippen MR) is 74.0 cm³/mol. The van der Waals surface area contributed by atoms with Crippen molar-refractivity contribution in [3.05, 3.63) is 0 Å². The van der Waals surface area contributed by atoms with Crippen molar-refractivity contribution in [2.24, 2.45) is 17.8 Å². The Bertz CT molecular complexity index is 310. The van der Waals surface area contributed by atoms with E-state index in [1.54, 1.807) is 0 Å². The Balaban J connectivity index is 2.15. The average molecular weight is 270 g/mol. The number of aliphatic carboxylic acids is 1. The van der Waals surface area contributed by atoms with Gasteiger partial charge < -0.3 is 15.3 Å². The number of nitrogens with zero attached hydrogens (tertiary/aromatic N) is 1. The molecule has 110 valence electrons. The summed E-state index contributed by atoms with van der Waals surface area (Å²) in [5, 5.41) is 11.5. The number of nitrogens with one attached hydrogen (secondary N) is 1. The summed E-state index contributed by atoms with van der Waals surface area (Å²) in [4.78, 5) is 24.2. The van der Waals surface area contributed by atoms with Crippen LogP contribution in [0.2, 0.25) is 0 Å². The van der Waals surface area contributed by atoms with Crippen LogP contribution in [0.15, 0.2) is 0 Å². The Labute approximate surface area is 115 Å². The van der Waals surface area contributed by atoms with Gasteiger partial charge in [0, 0.05) is 26.1 Å². The molecule has 0 aliphatic carbocycles. The first kappa shape index (κ1) is 15.8. The molecule has 0 aromatic rings. The minimum absolute atomic E-state index is 0.0154. The van der Waals surface area contributed by atoms with E-state index in [4.69, 9.17) is 5.11 Å². The van der Waals surface area contributed by atoms with Gasteiger partial charge >= 0.3 is 12.0 Å². The van der Waals surface area contributed by atoms with E-state index in [0.29, 0.717) is 30.7 Å². The number of rotatable bonds is 6. The van der Waals surface area contributed by atoms with E-state index < -0.39 is 5.97 Å². The van der Waals surface area contributed by atoms with Gasteiger partial charge in [-0.25, -0.2) is 4.79 Å². The highest BCUT2D eigenvalue weighted by molar-refractivity contribution is 5.74. The molecule has 1 heterocycles. The lowest BCUT2D eigenvalue weighted by Crippen LogP contribution is -2.39. The fraction of sp³-hybridized carbons (Fsp3) is 0.857. The molecular formula is C14H26N2O3. The lowest BCUT2D eigenvalue weighted by atomic mass is 10.0. The van der Waals surface area contributed by atoms with E-state index in [9.17, 15) is 9.59 Å². The van der Waals surface area contributed by atoms with Crippen molar-refractivity contribution in [1.29, 1.82) is 0 Å². The third-order valence-corrected chi connectivity index (χ3v) is 4.04. The SMILES string of the molecule is CC(CCNC(=O)N1CC(C)C(C)C1)CCC(=O)O. The second-order valence-electron chi connectivity index (χ2n) is 5.92. The topological polar surface area (TPSA) is 69.6 Å². The highest BCUT2D eigenvalue weighted by Gasteiger charge is 2.28. The first-order valence-electron chi connectivity index (χ1n) is 7.14. The first-order valence-corrected chi connectivity index (χ1v) is 7.14. The Kier molecular flexibility index (Phi) is 6.12. The quantitative estimate of drug-likeness (QED) is 0.777. The summed E-state index contributed by atoms with van der Waals surface area (Å²) in [6, 6.07) is 0.0154. The number of likely N-dealkylation sites (tertiary alicyclic amines) is 1. The van der Waals surface area contributed by atoms with E-state index in [1.165, 1.54) is 0 Å². The summed E-state index contributed by atoms with van der Waals surface area (Å²) in [6.45, 7) is 8.66. The molecular weight excluding hydrogens is 244 g/mol. The smallest absolute Gasteiger partial charge is 0.317 e. The van der Waals surface area contributed by atoms with Crippen molar-refractivity contribution in [2.45, 2.75) is 40.0 Å². The fourth-order valence-electron chi connectivity index (χ4n) is 2.35. The van der Waals surface area contributed by atoms with Crippen molar-refractivity contribution < 1.29 is 14.7 Å². The summed E-state index contributed by atoms with van der Waals surface area (Å²) < 4.78 is 0. The molecule has 1 saturated heterocycles. The zero-order valence-electron chi connectivity index (χ0n) is 12.2. The Morgan fingerprint density at radius 1 is 1.26 bits per heavy atom. The molecule has 3 atom stereocenters. The molecule has 1 fully saturated rings. The molecule has 2 amide bonds. The maximum atomic E-state index is 11.9. The number of carbonyl (C=O) groups is 2. The highest BCUT2D eigenvalue weighted by atomic mass is 16.4. The van der Waals surface area contributed by atoms with Crippen LogP contribution in [0.4, 0.5) is 4.79 Å². The lowest BCUT2D eigenvalue weighted by Gasteiger charge is -2.18. The van der Waals surface area contributed by atoms with Crippen LogP contribution in [0.25, 0.3) is 0 Å². The van der Waals surface area contributed by atoms with Gasteiger partial charge in [-0.15, -0.1) is 0 Å². The van der Waals surface area contributed by atoms with Crippen LogP contribution >= 0.6 is 0 Å². The Morgan fingerprint density at radius 3 is 2.37 bits per heavy atom. The second kappa shape index (κ2) is 7.36. The maximum Gasteiger partial charge on any atom is 0.317 e. The highest BCUT2D eigenvalue weighted by Crippen LogP contribution is 2.21. The average Bonchev–Trinajstić information content (AvgIpc) is 2.67. The summed E-state index contributed by atoms with van der Waals surface area (Å²) >= 11 is 0. The molecule has 0 bridgehead atoms. The van der Waals surface area contributed by atoms with Crippen LogP contribution < -0.4 is 5.32 Å². The van der Waals surface area contributed by atoms with Crippen molar-refractivity contribution in [3.8, 4) is 0 Å². The van der Waals surface area contributed by atoms with Crippen molar-refractivity contribution in [3.63, 3.8) is 0 Å². The van der Waals surface area contributed by atoms with Gasteiger partial charge in [-0.05, 0) is 30.6 Å². The van der Waals surface area contributed by atoms with Crippen molar-refractivity contribution in [1.82, 2.24) is 10.2 Å². The summed E-state index contributed by atoms with van der Waals surface area (Å²) in [6.07, 6.45) is 1.71. The van der Waals surface area contributed by atoms with Crippen molar-refractivity contribution >= 4 is 12.0 Å². The molecule has 2 N–H and O–H groups in total. The van der Waals surface area contributed by atoms with Gasteiger partial charge in [0.1, 0.15) is 0 Å². The molecule has 1 rings (SSSR count). The Morgan fingerprint density at radius 2 is 1.84 bits per heavy atom. The van der Waals surface area contributed by atoms with Crippen molar-refractivity contribution in [2.75, 3.05) is 19.6 Å². The number of carbonyl (C=O) groups excluding carboxylic acids is 1. The molecule has 19 heavy (non-hydrogen) atoms. The van der Waals surface area contributed by atoms with Crippen LogP contribution in [-0.2, 0) is 4.79 Å². The van der Waals surface area contributed by atoms with Crippen LogP contribution in [0.3, 0.4) is 0 Å². The van der Waals surface area contributed by atoms with E-state index in [1.807, 2.05) is 11.8 Å². The normalized spacial score (nSPS) is 24.3. The summed E-state index contributed by atoms with van der Waals surface area (Å²) in [5.41, 5.74) is 0. The van der Waals surface area contributed by atoms with Gasteiger partial charge in [-0.3, -0.25) is 4.79 Å². The van der Waals surface area contributed by atoms with Crippen LogP contribution in [-0.4, -0.2) is 41.6 Å². The van der Waals surface area contributed by atoms with E-state index in [0.717, 1.165) is 19.5 Å². The van der Waals surface area contributed by atoms with Crippen LogP contribution in [0.5, 0.6) is 0 Å². The lowest BCUT2D eigenvalue weighted by molar-refractivity contribution is -0.137. The number of hydrogen-bond donors (Lipinski definition) is 2. The third kappa shape index (κ3) is 5.49. The molecule has 1 aliphatic rings. The number of carboxylic acids is 1. The van der Waals surface area contributed by atoms with Crippen LogP contribution in [0.1, 0.15) is 40.0 Å². The second-order valence-corrected chi connectivity index (χ2v) is 5.92. The minimum atomic E-state index is -0.754. The van der Waals surface area contributed by atoms with E-state index in [2.05, 4.69) is 19.2 Å². The zero-order valence-corrected chi connectivity index (χ0v) is 12.2. The van der Waals surface area contributed by atoms with Gasteiger partial charge in [0.25, 0.3) is 0 Å². The molecule has 0 aromatic heterocycles. The number of carboxylic acid groups (broad SMARTS) is 1. The number of urea groups is 1. The fourth-order valence-corrected chi connectivity index (χ4v) is 2.35. The van der Waals surface area contributed by atoms with Gasteiger partial charge in [0.15, 0.2) is 0 Å². The van der Waals surface area contributed by atoms with E-state index in [-0.39, 0.29) is 12.5 Å². The largest absolute Gasteiger partial charge is 0.481 e. The predicted octanol–water partition coefficient (Wildman–Crippen LogP) is 2.17. The van der Waals surface area contributed by atoms with Gasteiger partial charge in [0.05, 0.1) is 0 Å². The van der Waals surface area contributed by atoms with E-state index >= 15 is 0 Å². The van der Waals surface area contributed by atoms with Gasteiger partial charge in [-0.2, -0.15) is 0 Å². The zero-order chi connectivity index (χ0) is 14.4. The Hall–Kier alpha value is -1.26. The molecule has 1 aliphatic heterocycles. The molecule has 0 spiro atoms.